The highest BCUT2D eigenvalue weighted by atomic mass is 32.1. The molecule has 0 spiro atoms. The summed E-state index contributed by atoms with van der Waals surface area (Å²) in [6, 6.07) is 16.2. The molecule has 1 saturated carbocycles. The predicted octanol–water partition coefficient (Wildman–Crippen LogP) is 13.4. The minimum Gasteiger partial charge on any atom is -0.384 e. The molecule has 3 heterocycles. The van der Waals surface area contributed by atoms with Crippen LogP contribution in [0, 0.1) is 23.2 Å². The molecule has 0 saturated heterocycles. The van der Waals surface area contributed by atoms with Gasteiger partial charge in [0.25, 0.3) is 0 Å². The highest BCUT2D eigenvalue weighted by Crippen LogP contribution is 2.51. The molecule has 68 heavy (non-hydrogen) atoms. The van der Waals surface area contributed by atoms with E-state index in [2.05, 4.69) is 180 Å². The number of hydrazine groups is 1. The maximum Gasteiger partial charge on any atom is 0.228 e. The maximum absolute atomic E-state index is 5.99. The second-order valence-electron chi connectivity index (χ2n) is 19.6. The van der Waals surface area contributed by atoms with E-state index < -0.39 is 0 Å². The molecule has 5 atom stereocenters. The summed E-state index contributed by atoms with van der Waals surface area (Å²) in [4.78, 5) is 2.65. The zero-order chi connectivity index (χ0) is 50.7. The van der Waals surface area contributed by atoms with Crippen molar-refractivity contribution in [3.8, 4) is 11.1 Å². The van der Waals surface area contributed by atoms with E-state index in [0.717, 1.165) is 75.4 Å². The minimum absolute atomic E-state index is 0.146. The number of nitrogens with zero attached hydrogens (tertiary/aromatic N) is 5. The summed E-state index contributed by atoms with van der Waals surface area (Å²) >= 11 is 4.41. The average molecular weight is 946 g/mol. The number of fused-ring (bicyclic) bond motifs is 1. The standard InChI is InChI=1S/C34H47N3S.C14H20N4.C8H18N2.C2H6/c1-7-9-17-34(5,6)22-29-28-21-26(25-13-10-12-24(19-25)20-31(35)38)15-16-30(28)37(8-2)33(29)27-14-11-18-36-32(27)23(3)4;1-6-9(2)15-14-17-16-13(18(14)5)8-7-12-10(3)11(12)4;1-4-5-6-7-10(9)8(2)3;1-2/h7,10-16,19,21,23,29,31,33,36,38H,1,8-9,17-18,20,22,35H2,2-6H3;6,11-12H,1-3,7-8H2,4-5H3,(H,15,17);2,4-7,9H2,1,3H3;1-2H3. The Balaban J connectivity index is 0.000000335. The lowest BCUT2D eigenvalue weighted by molar-refractivity contribution is 0.276. The van der Waals surface area contributed by atoms with Crippen LogP contribution in [0.15, 0.2) is 128 Å². The molecule has 5 unspecified atom stereocenters. The van der Waals surface area contributed by atoms with Crippen LogP contribution in [0.4, 0.5) is 11.6 Å². The molecule has 374 valence electrons. The van der Waals surface area contributed by atoms with Crippen molar-refractivity contribution < 1.29 is 0 Å². The molecule has 6 rings (SSSR count). The van der Waals surface area contributed by atoms with Gasteiger partial charge < -0.3 is 30.8 Å². The number of hydrogen-bond acceptors (Lipinski definition) is 9. The van der Waals surface area contributed by atoms with Crippen molar-refractivity contribution in [2.75, 3.05) is 29.9 Å². The van der Waals surface area contributed by atoms with Crippen molar-refractivity contribution in [3.63, 3.8) is 0 Å². The number of unbranched alkanes of at least 4 members (excludes halogenated alkanes) is 2. The van der Waals surface area contributed by atoms with Gasteiger partial charge in [0, 0.05) is 61.8 Å². The number of aryl methyl sites for hydroxylation is 1. The first kappa shape index (κ1) is 57.5. The van der Waals surface area contributed by atoms with Gasteiger partial charge in [0.05, 0.1) is 11.4 Å². The summed E-state index contributed by atoms with van der Waals surface area (Å²) in [6.45, 7) is 44.2. The number of anilines is 2. The third-order valence-electron chi connectivity index (χ3n) is 13.4. The molecule has 2 aromatic carbocycles. The van der Waals surface area contributed by atoms with Crippen molar-refractivity contribution in [2.45, 2.75) is 144 Å². The van der Waals surface area contributed by atoms with Crippen LogP contribution in [-0.2, 0) is 19.9 Å². The van der Waals surface area contributed by atoms with Crippen LogP contribution in [0.3, 0.4) is 0 Å². The number of rotatable bonds is 22. The molecule has 9 nitrogen and oxygen atoms in total. The molecule has 0 radical (unpaired) electrons. The molecular formula is C58H91N9S. The number of thiol groups is 1. The summed E-state index contributed by atoms with van der Waals surface area (Å²) in [5.74, 6) is 9.50. The highest BCUT2D eigenvalue weighted by molar-refractivity contribution is 7.80. The molecule has 3 aromatic rings. The van der Waals surface area contributed by atoms with Gasteiger partial charge in [0.2, 0.25) is 5.95 Å². The number of likely N-dealkylation sites (N-methyl/N-ethyl adjacent to an activating group) is 1. The Morgan fingerprint density at radius 3 is 2.34 bits per heavy atom. The van der Waals surface area contributed by atoms with Crippen LogP contribution in [0.25, 0.3) is 11.1 Å². The van der Waals surface area contributed by atoms with Crippen LogP contribution in [0.5, 0.6) is 0 Å². The van der Waals surface area contributed by atoms with E-state index in [0.29, 0.717) is 35.7 Å². The lowest BCUT2D eigenvalue weighted by atomic mass is 9.73. The van der Waals surface area contributed by atoms with Crippen LogP contribution < -0.4 is 27.1 Å². The first-order valence-corrected chi connectivity index (χ1v) is 25.9. The summed E-state index contributed by atoms with van der Waals surface area (Å²) < 4.78 is 1.96. The molecule has 6 N–H and O–H groups in total. The zero-order valence-corrected chi connectivity index (χ0v) is 45.1. The van der Waals surface area contributed by atoms with Crippen LogP contribution >= 0.6 is 12.6 Å². The van der Waals surface area contributed by atoms with Gasteiger partial charge >= 0.3 is 0 Å². The molecule has 1 aromatic heterocycles. The van der Waals surface area contributed by atoms with E-state index >= 15 is 0 Å². The number of dihydropyridines is 1. The van der Waals surface area contributed by atoms with E-state index in [1.807, 2.05) is 32.4 Å². The molecule has 1 fully saturated rings. The first-order chi connectivity index (χ1) is 32.4. The Labute approximate surface area is 419 Å². The highest BCUT2D eigenvalue weighted by Gasteiger charge is 2.43. The van der Waals surface area contributed by atoms with Crippen molar-refractivity contribution >= 4 is 24.3 Å². The SMILES string of the molecule is C=C(C)N(N)CCCCC.C=CC(=C)Nc1nnc(CCC2C(=C)C2C)n1C.C=CCCC(C)(C)CC1c2cc(-c3cccc(CC(N)S)c3)ccc2N(CC)C1C1=C(C(C)C)NCC=C1.CC. The Kier molecular flexibility index (Phi) is 23.7. The molecule has 10 heteroatoms. The fraction of sp³-hybridized carbons (Fsp3) is 0.517. The molecule has 1 aliphatic carbocycles. The third kappa shape index (κ3) is 16.4. The third-order valence-corrected chi connectivity index (χ3v) is 13.6. The van der Waals surface area contributed by atoms with E-state index in [1.165, 1.54) is 64.0 Å². The van der Waals surface area contributed by atoms with Crippen molar-refractivity contribution in [2.24, 2.45) is 41.8 Å². The van der Waals surface area contributed by atoms with E-state index in [-0.39, 0.29) is 10.8 Å². The maximum atomic E-state index is 5.99. The smallest absolute Gasteiger partial charge is 0.228 e. The first-order valence-electron chi connectivity index (χ1n) is 25.4. The van der Waals surface area contributed by atoms with Crippen LogP contribution in [-0.4, -0.2) is 50.8 Å². The van der Waals surface area contributed by atoms with E-state index in [9.17, 15) is 0 Å². The topological polar surface area (TPSA) is 113 Å². The number of allylic oxidation sites excluding steroid dienone is 5. The van der Waals surface area contributed by atoms with Gasteiger partial charge in [-0.2, -0.15) is 12.6 Å². The number of aromatic nitrogens is 3. The Morgan fingerprint density at radius 1 is 1.06 bits per heavy atom. The lowest BCUT2D eigenvalue weighted by Gasteiger charge is -2.37. The van der Waals surface area contributed by atoms with E-state index in [4.69, 9.17) is 11.6 Å². The average Bonchev–Trinajstić information content (AvgIpc) is 3.56. The Morgan fingerprint density at radius 2 is 1.75 bits per heavy atom. The largest absolute Gasteiger partial charge is 0.384 e. The van der Waals surface area contributed by atoms with Crippen molar-refractivity contribution in [1.82, 2.24) is 25.1 Å². The number of nitrogens with two attached hydrogens (primary N) is 2. The minimum atomic E-state index is -0.146. The zero-order valence-electron chi connectivity index (χ0n) is 44.2. The number of hydrogen-bond donors (Lipinski definition) is 5. The fourth-order valence-corrected chi connectivity index (χ4v) is 9.53. The van der Waals surface area contributed by atoms with E-state index in [1.54, 1.807) is 11.1 Å². The summed E-state index contributed by atoms with van der Waals surface area (Å²) in [5.41, 5.74) is 18.7. The normalized spacial score (nSPS) is 18.5. The van der Waals surface area contributed by atoms with Gasteiger partial charge in [-0.1, -0.05) is 149 Å². The molecule has 3 aliphatic rings. The monoisotopic (exact) mass is 946 g/mol. The van der Waals surface area contributed by atoms with Gasteiger partial charge in [-0.25, -0.2) is 5.84 Å². The predicted molar refractivity (Wildman–Crippen MR) is 300 cm³/mol. The number of benzene rings is 2. The van der Waals surface area contributed by atoms with Gasteiger partial charge in [0.1, 0.15) is 5.82 Å². The van der Waals surface area contributed by atoms with Crippen molar-refractivity contribution in [3.05, 3.63) is 145 Å². The van der Waals surface area contributed by atoms with Crippen molar-refractivity contribution in [1.29, 1.82) is 0 Å². The number of nitrogens with one attached hydrogen (secondary N) is 2. The van der Waals surface area contributed by atoms with Gasteiger partial charge in [-0.15, -0.1) is 16.8 Å². The second kappa shape index (κ2) is 28.0. The van der Waals surface area contributed by atoms with Gasteiger partial charge in [-0.3, -0.25) is 0 Å². The second-order valence-corrected chi connectivity index (χ2v) is 20.2. The van der Waals surface area contributed by atoms with Crippen LogP contribution in [0.2, 0.25) is 0 Å². The lowest BCUT2D eigenvalue weighted by Crippen LogP contribution is -2.40. The van der Waals surface area contributed by atoms with Crippen LogP contribution in [0.1, 0.15) is 137 Å². The summed E-state index contributed by atoms with van der Waals surface area (Å²) in [5, 5.41) is 16.7. The van der Waals surface area contributed by atoms with Gasteiger partial charge in [-0.05, 0) is 122 Å². The molecule has 2 aliphatic heterocycles. The molecular weight excluding hydrogens is 855 g/mol. The molecule has 0 bridgehead atoms. The summed E-state index contributed by atoms with van der Waals surface area (Å²) in [6.07, 6.45) is 18.2. The quantitative estimate of drug-likeness (QED) is 0.0129. The summed E-state index contributed by atoms with van der Waals surface area (Å²) in [7, 11) is 1.96. The van der Waals surface area contributed by atoms with Gasteiger partial charge in [0.15, 0.2) is 0 Å². The Bertz CT molecular complexity index is 2170. The Hall–Kier alpha value is -4.77. The fourth-order valence-electron chi connectivity index (χ4n) is 9.32. The molecule has 0 amide bonds.